The van der Waals surface area contributed by atoms with Gasteiger partial charge in [-0.05, 0) is 38.0 Å². The monoisotopic (exact) mass is 638 g/mol. The number of methoxy groups -OCH3 is 1. The lowest BCUT2D eigenvalue weighted by molar-refractivity contribution is -0.384. The Morgan fingerprint density at radius 1 is 1.23 bits per heavy atom. The highest BCUT2D eigenvalue weighted by Gasteiger charge is 2.41. The van der Waals surface area contributed by atoms with Gasteiger partial charge in [-0.25, -0.2) is 9.78 Å². The number of non-ortho nitro benzene ring substituents is 1. The van der Waals surface area contributed by atoms with Crippen LogP contribution in [0.4, 0.5) is 10.8 Å². The van der Waals surface area contributed by atoms with Crippen LogP contribution in [0.25, 0.3) is 0 Å². The average molecular weight is 639 g/mol. The maximum atomic E-state index is 13.3. The SMILES string of the molecule is COC(=O)CC[C@@H]1NC(=O)[C@@H]1NC(=O)C(=NOC(C)(C)C(=O)OCc1ccc([N+](=O)[O-])cc1)c1csc(NC(=O)CCl)n1. The van der Waals surface area contributed by atoms with E-state index in [0.717, 1.165) is 11.3 Å². The first-order valence-corrected chi connectivity index (χ1v) is 13.9. The number of thiazole rings is 1. The highest BCUT2D eigenvalue weighted by atomic mass is 35.5. The number of aromatic nitrogens is 1. The molecule has 0 unspecified atom stereocenters. The van der Waals surface area contributed by atoms with Gasteiger partial charge in [-0.3, -0.25) is 29.3 Å². The maximum Gasteiger partial charge on any atom is 0.353 e. The normalized spacial score (nSPS) is 16.3. The summed E-state index contributed by atoms with van der Waals surface area (Å²) in [5.74, 6) is -3.62. The number of nitrogens with zero attached hydrogens (tertiary/aromatic N) is 3. The van der Waals surface area contributed by atoms with E-state index in [1.54, 1.807) is 0 Å². The number of hydrogen-bond donors (Lipinski definition) is 3. The Morgan fingerprint density at radius 3 is 2.53 bits per heavy atom. The van der Waals surface area contributed by atoms with E-state index in [1.807, 2.05) is 0 Å². The zero-order valence-electron chi connectivity index (χ0n) is 23.1. The number of carbonyl (C=O) groups excluding carboxylic acids is 5. The minimum absolute atomic E-state index is 0.00374. The molecule has 0 spiro atoms. The molecular weight excluding hydrogens is 612 g/mol. The van der Waals surface area contributed by atoms with Crippen molar-refractivity contribution in [1.29, 1.82) is 0 Å². The van der Waals surface area contributed by atoms with Crippen LogP contribution in [0.2, 0.25) is 0 Å². The predicted octanol–water partition coefficient (Wildman–Crippen LogP) is 1.41. The summed E-state index contributed by atoms with van der Waals surface area (Å²) in [5, 5.41) is 23.7. The Kier molecular flexibility index (Phi) is 11.1. The van der Waals surface area contributed by atoms with Gasteiger partial charge in [0.25, 0.3) is 11.6 Å². The molecule has 18 heteroatoms. The number of rotatable bonds is 14. The quantitative estimate of drug-likeness (QED) is 0.0671. The Hall–Kier alpha value is -4.64. The van der Waals surface area contributed by atoms with Crippen LogP contribution in [0, 0.1) is 10.1 Å². The molecule has 0 saturated carbocycles. The fraction of sp³-hybridized carbons (Fsp3) is 0.400. The summed E-state index contributed by atoms with van der Waals surface area (Å²) in [5.41, 5.74) is -1.85. The van der Waals surface area contributed by atoms with E-state index in [0.29, 0.717) is 5.56 Å². The van der Waals surface area contributed by atoms with Gasteiger partial charge in [-0.15, -0.1) is 22.9 Å². The molecule has 1 aliphatic heterocycles. The van der Waals surface area contributed by atoms with Gasteiger partial charge in [0, 0.05) is 23.9 Å². The largest absolute Gasteiger partial charge is 0.469 e. The van der Waals surface area contributed by atoms with Crippen LogP contribution < -0.4 is 16.0 Å². The maximum absolute atomic E-state index is 13.3. The second-order valence-corrected chi connectivity index (χ2v) is 10.6. The lowest BCUT2D eigenvalue weighted by atomic mass is 9.94. The van der Waals surface area contributed by atoms with Gasteiger partial charge in [0.2, 0.25) is 17.4 Å². The smallest absolute Gasteiger partial charge is 0.353 e. The van der Waals surface area contributed by atoms with Gasteiger partial charge >= 0.3 is 11.9 Å². The second-order valence-electron chi connectivity index (χ2n) is 9.44. The summed E-state index contributed by atoms with van der Waals surface area (Å²) in [4.78, 5) is 81.2. The molecule has 1 aromatic carbocycles. The highest BCUT2D eigenvalue weighted by molar-refractivity contribution is 7.14. The number of benzene rings is 1. The first kappa shape index (κ1) is 32.9. The first-order valence-electron chi connectivity index (χ1n) is 12.5. The third-order valence-electron chi connectivity index (χ3n) is 5.89. The van der Waals surface area contributed by atoms with Crippen LogP contribution in [-0.2, 0) is 44.9 Å². The molecule has 3 rings (SSSR count). The number of oxime groups is 1. The third kappa shape index (κ3) is 8.92. The van der Waals surface area contributed by atoms with Crippen molar-refractivity contribution in [2.75, 3.05) is 18.3 Å². The van der Waals surface area contributed by atoms with Crippen molar-refractivity contribution in [3.05, 3.63) is 51.0 Å². The lowest BCUT2D eigenvalue weighted by Crippen LogP contribution is -2.69. The number of hydrogen-bond acceptors (Lipinski definition) is 13. The summed E-state index contributed by atoms with van der Waals surface area (Å²) in [6, 6.07) is 3.82. The standard InChI is InChI=1S/C25H27ClN6O10S/c1-25(2,23(37)41-11-13-4-6-14(7-5-13)32(38)39)42-31-20(16-12-43-24(28-16)29-17(33)10-26)22(36)30-19-15(27-21(19)35)8-9-18(34)40-3/h4-7,12,15,19H,8-11H2,1-3H3,(H,27,35)(H,30,36)(H,28,29,33)/t15-,19+/m0/s1. The van der Waals surface area contributed by atoms with Crippen molar-refractivity contribution in [3.63, 3.8) is 0 Å². The average Bonchev–Trinajstić information content (AvgIpc) is 3.44. The van der Waals surface area contributed by atoms with Crippen molar-refractivity contribution in [2.24, 2.45) is 5.16 Å². The van der Waals surface area contributed by atoms with Crippen LogP contribution in [-0.4, -0.2) is 76.0 Å². The van der Waals surface area contributed by atoms with E-state index >= 15 is 0 Å². The van der Waals surface area contributed by atoms with Gasteiger partial charge < -0.3 is 30.3 Å². The molecule has 1 aliphatic rings. The number of halogens is 1. The molecule has 230 valence electrons. The molecule has 0 radical (unpaired) electrons. The van der Waals surface area contributed by atoms with Crippen LogP contribution in [0.15, 0.2) is 34.8 Å². The number of β-lactam (4-membered cyclic amide) rings is 1. The molecule has 3 N–H and O–H groups in total. The number of nitrogens with one attached hydrogen (secondary N) is 3. The van der Waals surface area contributed by atoms with E-state index in [4.69, 9.17) is 21.2 Å². The molecule has 1 aromatic heterocycles. The molecule has 2 atom stereocenters. The zero-order chi connectivity index (χ0) is 31.7. The number of nitro benzene ring substituents is 1. The van der Waals surface area contributed by atoms with E-state index < -0.39 is 58.0 Å². The van der Waals surface area contributed by atoms with Gasteiger partial charge in [0.15, 0.2) is 10.8 Å². The van der Waals surface area contributed by atoms with Crippen molar-refractivity contribution in [2.45, 2.75) is 51.0 Å². The summed E-state index contributed by atoms with van der Waals surface area (Å²) in [6.45, 7) is 2.44. The lowest BCUT2D eigenvalue weighted by Gasteiger charge is -2.37. The summed E-state index contributed by atoms with van der Waals surface area (Å²) in [7, 11) is 1.23. The van der Waals surface area contributed by atoms with E-state index in [2.05, 4.69) is 30.8 Å². The molecule has 43 heavy (non-hydrogen) atoms. The van der Waals surface area contributed by atoms with Crippen molar-refractivity contribution in [3.8, 4) is 0 Å². The van der Waals surface area contributed by atoms with E-state index in [1.165, 1.54) is 50.6 Å². The molecule has 3 amide bonds. The van der Waals surface area contributed by atoms with E-state index in [9.17, 15) is 34.1 Å². The minimum Gasteiger partial charge on any atom is -0.469 e. The first-order chi connectivity index (χ1) is 20.3. The van der Waals surface area contributed by atoms with Gasteiger partial charge in [0.05, 0.1) is 18.1 Å². The van der Waals surface area contributed by atoms with Crippen LogP contribution >= 0.6 is 22.9 Å². The fourth-order valence-electron chi connectivity index (χ4n) is 3.46. The Bertz CT molecular complexity index is 1430. The number of anilines is 1. The minimum atomic E-state index is -1.73. The number of amides is 3. The van der Waals surface area contributed by atoms with Gasteiger partial charge in [-0.2, -0.15) is 0 Å². The molecule has 2 aromatic rings. The van der Waals surface area contributed by atoms with E-state index in [-0.39, 0.29) is 41.8 Å². The van der Waals surface area contributed by atoms with Crippen molar-refractivity contribution >= 4 is 69.1 Å². The topological polar surface area (TPSA) is 218 Å². The molecule has 2 heterocycles. The third-order valence-corrected chi connectivity index (χ3v) is 6.89. The number of esters is 2. The van der Waals surface area contributed by atoms with Crippen LogP contribution in [0.1, 0.15) is 37.9 Å². The van der Waals surface area contributed by atoms with Gasteiger partial charge in [-0.1, -0.05) is 5.16 Å². The molecule has 1 fully saturated rings. The molecule has 16 nitrogen and oxygen atoms in total. The summed E-state index contributed by atoms with van der Waals surface area (Å²) in [6.07, 6.45) is 0.203. The zero-order valence-corrected chi connectivity index (χ0v) is 24.7. The number of alkyl halides is 1. The number of carbonyl (C=O) groups is 5. The summed E-state index contributed by atoms with van der Waals surface area (Å²) >= 11 is 6.47. The molecule has 1 saturated heterocycles. The fourth-order valence-corrected chi connectivity index (χ4v) is 4.24. The van der Waals surface area contributed by atoms with Crippen LogP contribution in [0.5, 0.6) is 0 Å². The number of nitro groups is 1. The van der Waals surface area contributed by atoms with Crippen LogP contribution in [0.3, 0.4) is 0 Å². The number of ether oxygens (including phenoxy) is 2. The molecule has 0 aliphatic carbocycles. The van der Waals surface area contributed by atoms with Crippen molar-refractivity contribution in [1.82, 2.24) is 15.6 Å². The Labute approximate surface area is 253 Å². The molecular formula is C25H27ClN6O10S. The van der Waals surface area contributed by atoms with Crippen molar-refractivity contribution < 1.29 is 43.2 Å². The second kappa shape index (κ2) is 14.5. The Morgan fingerprint density at radius 2 is 1.93 bits per heavy atom. The highest BCUT2D eigenvalue weighted by Crippen LogP contribution is 2.20. The Balaban J connectivity index is 1.76. The molecule has 0 bridgehead atoms. The van der Waals surface area contributed by atoms with Gasteiger partial charge in [0.1, 0.15) is 24.2 Å². The summed E-state index contributed by atoms with van der Waals surface area (Å²) < 4.78 is 9.86. The predicted molar refractivity (Wildman–Crippen MR) is 151 cm³/mol.